The van der Waals surface area contributed by atoms with Crippen LogP contribution in [-0.4, -0.2) is 16.5 Å². The molecule has 14 heavy (non-hydrogen) atoms. The predicted molar refractivity (Wildman–Crippen MR) is 50.9 cm³/mol. The molecule has 70 valence electrons. The fraction of sp³-hybridized carbons (Fsp3) is 0. The molecule has 0 N–H and O–H groups in total. The van der Waals surface area contributed by atoms with E-state index in [1.54, 1.807) is 30.3 Å². The Balaban J connectivity index is 2.76. The van der Waals surface area contributed by atoms with Gasteiger partial charge in [0.2, 0.25) is 0 Å². The zero-order chi connectivity index (χ0) is 10.4. The lowest BCUT2D eigenvalue weighted by molar-refractivity contribution is -0.131. The Morgan fingerprint density at radius 2 is 2.07 bits per heavy atom. The molecule has 0 bridgehead atoms. The first kappa shape index (κ1) is 9.89. The molecule has 0 amide bonds. The van der Waals surface area contributed by atoms with Crippen molar-refractivity contribution in [3.05, 3.63) is 48.5 Å². The summed E-state index contributed by atoms with van der Waals surface area (Å²) in [6.07, 6.45) is 1.12. The number of para-hydroxylation sites is 1. The molecule has 0 saturated carbocycles. The van der Waals surface area contributed by atoms with Crippen molar-refractivity contribution in [1.29, 1.82) is 0 Å². The molecule has 0 spiro atoms. The summed E-state index contributed by atoms with van der Waals surface area (Å²) in [6.45, 7) is 3.30. The van der Waals surface area contributed by atoms with Crippen molar-refractivity contribution in [3.63, 3.8) is 0 Å². The van der Waals surface area contributed by atoms with Crippen molar-refractivity contribution < 1.29 is 14.3 Å². The molecule has 4 heteroatoms. The van der Waals surface area contributed by atoms with Crippen LogP contribution in [0.4, 0.5) is 0 Å². The second-order valence-electron chi connectivity index (χ2n) is 2.39. The summed E-state index contributed by atoms with van der Waals surface area (Å²) in [5, 5.41) is 0. The topological polar surface area (TPSA) is 62.7 Å². The monoisotopic (exact) mass is 188 g/mol. The van der Waals surface area contributed by atoms with Gasteiger partial charge in [-0.15, -0.1) is 0 Å². The average Bonchev–Trinajstić information content (AvgIpc) is 2.21. The highest BCUT2D eigenvalue weighted by molar-refractivity contribution is 6.38. The van der Waals surface area contributed by atoms with E-state index < -0.39 is 5.97 Å². The summed E-state index contributed by atoms with van der Waals surface area (Å²) in [5.41, 5.74) is 8.16. The van der Waals surface area contributed by atoms with Crippen LogP contribution in [0.25, 0.3) is 5.53 Å². The fourth-order valence-electron chi connectivity index (χ4n) is 0.813. The van der Waals surface area contributed by atoms with E-state index in [9.17, 15) is 4.79 Å². The zero-order valence-electron chi connectivity index (χ0n) is 7.38. The van der Waals surface area contributed by atoms with Gasteiger partial charge in [-0.1, -0.05) is 24.8 Å². The van der Waals surface area contributed by atoms with Crippen LogP contribution in [0.15, 0.2) is 43.0 Å². The number of ether oxygens (including phenoxy) is 1. The minimum absolute atomic E-state index is 0.228. The summed E-state index contributed by atoms with van der Waals surface area (Å²) < 4.78 is 4.86. The van der Waals surface area contributed by atoms with Crippen molar-refractivity contribution in [2.45, 2.75) is 0 Å². The summed E-state index contributed by atoms with van der Waals surface area (Å²) in [6, 6.07) is 8.50. The lowest BCUT2D eigenvalue weighted by Gasteiger charge is -1.97. The minimum atomic E-state index is -0.742. The van der Waals surface area contributed by atoms with E-state index in [2.05, 4.69) is 11.4 Å². The fourth-order valence-corrected chi connectivity index (χ4v) is 0.813. The van der Waals surface area contributed by atoms with Crippen molar-refractivity contribution in [3.8, 4) is 5.75 Å². The van der Waals surface area contributed by atoms with Gasteiger partial charge in [0.05, 0.1) is 0 Å². The SMILES string of the molecule is C=CC(=[N+]=[N-])C(=O)Oc1ccccc1. The molecule has 1 aromatic rings. The van der Waals surface area contributed by atoms with Crippen LogP contribution in [0.3, 0.4) is 0 Å². The van der Waals surface area contributed by atoms with Crippen molar-refractivity contribution in [2.75, 3.05) is 0 Å². The van der Waals surface area contributed by atoms with Gasteiger partial charge in [0, 0.05) is 6.08 Å². The van der Waals surface area contributed by atoms with Gasteiger partial charge in [0.15, 0.2) is 0 Å². The van der Waals surface area contributed by atoms with Gasteiger partial charge in [0.25, 0.3) is 0 Å². The predicted octanol–water partition coefficient (Wildman–Crippen LogP) is 1.45. The van der Waals surface area contributed by atoms with Crippen molar-refractivity contribution in [1.82, 2.24) is 0 Å². The molecule has 0 aromatic heterocycles. The molecule has 0 aliphatic rings. The normalized spacial score (nSPS) is 8.57. The highest BCUT2D eigenvalue weighted by Gasteiger charge is 2.18. The first-order valence-corrected chi connectivity index (χ1v) is 3.89. The second kappa shape index (κ2) is 4.74. The molecule has 0 atom stereocenters. The van der Waals surface area contributed by atoms with Gasteiger partial charge in [-0.2, -0.15) is 4.79 Å². The molecule has 0 heterocycles. The molecule has 0 radical (unpaired) electrons. The number of carbonyl (C=O) groups excluding carboxylic acids is 1. The molecular weight excluding hydrogens is 180 g/mol. The number of carbonyl (C=O) groups is 1. The maximum absolute atomic E-state index is 11.2. The lowest BCUT2D eigenvalue weighted by atomic mass is 10.3. The van der Waals surface area contributed by atoms with Crippen LogP contribution >= 0.6 is 0 Å². The van der Waals surface area contributed by atoms with Gasteiger partial charge in [-0.3, -0.25) is 0 Å². The molecule has 0 aliphatic heterocycles. The number of rotatable bonds is 3. The van der Waals surface area contributed by atoms with Crippen LogP contribution in [0.5, 0.6) is 5.75 Å². The Labute approximate surface area is 81.1 Å². The molecule has 0 unspecified atom stereocenters. The number of benzene rings is 1. The number of nitrogens with zero attached hydrogens (tertiary/aromatic N) is 2. The average molecular weight is 188 g/mol. The van der Waals surface area contributed by atoms with Gasteiger partial charge < -0.3 is 10.3 Å². The smallest absolute Gasteiger partial charge is 0.418 e. The molecule has 1 aromatic carbocycles. The third-order valence-electron chi connectivity index (χ3n) is 1.46. The molecule has 0 saturated heterocycles. The Kier molecular flexibility index (Phi) is 3.35. The largest absolute Gasteiger partial charge is 0.426 e. The van der Waals surface area contributed by atoms with E-state index in [4.69, 9.17) is 10.3 Å². The summed E-state index contributed by atoms with van der Waals surface area (Å²) >= 11 is 0. The van der Waals surface area contributed by atoms with E-state index in [1.807, 2.05) is 0 Å². The van der Waals surface area contributed by atoms with Crippen molar-refractivity contribution >= 4 is 11.7 Å². The van der Waals surface area contributed by atoms with E-state index in [0.29, 0.717) is 5.75 Å². The highest BCUT2D eigenvalue weighted by Crippen LogP contribution is 2.08. The zero-order valence-corrected chi connectivity index (χ0v) is 7.38. The van der Waals surface area contributed by atoms with E-state index in [0.717, 1.165) is 6.08 Å². The third-order valence-corrected chi connectivity index (χ3v) is 1.46. The summed E-state index contributed by atoms with van der Waals surface area (Å²) in [7, 11) is 0. The Morgan fingerprint density at radius 3 is 2.57 bits per heavy atom. The summed E-state index contributed by atoms with van der Waals surface area (Å²) in [5.74, 6) is -0.353. The quantitative estimate of drug-likeness (QED) is 0.237. The maximum Gasteiger partial charge on any atom is 0.426 e. The summed E-state index contributed by atoms with van der Waals surface area (Å²) in [4.78, 5) is 13.9. The van der Waals surface area contributed by atoms with E-state index in [1.165, 1.54) is 0 Å². The van der Waals surface area contributed by atoms with Crippen LogP contribution in [0.2, 0.25) is 0 Å². The van der Waals surface area contributed by atoms with Crippen LogP contribution in [0, 0.1) is 0 Å². The lowest BCUT2D eigenvalue weighted by Crippen LogP contribution is -2.19. The Morgan fingerprint density at radius 1 is 1.43 bits per heavy atom. The van der Waals surface area contributed by atoms with Crippen LogP contribution < -0.4 is 4.74 Å². The molecular formula is C10H8N2O2. The standard InChI is InChI=1S/C10H8N2O2/c1-2-9(12-11)10(13)14-8-6-4-3-5-7-8/h2-7H,1H2. The van der Waals surface area contributed by atoms with Gasteiger partial charge in [0.1, 0.15) is 5.75 Å². The number of esters is 1. The Hall–Kier alpha value is -2.19. The third kappa shape index (κ3) is 2.40. The van der Waals surface area contributed by atoms with Gasteiger partial charge in [-0.05, 0) is 12.1 Å². The van der Waals surface area contributed by atoms with Gasteiger partial charge >= 0.3 is 11.7 Å². The minimum Gasteiger partial charge on any atom is -0.418 e. The molecule has 0 aliphatic carbocycles. The van der Waals surface area contributed by atoms with Crippen molar-refractivity contribution in [2.24, 2.45) is 0 Å². The van der Waals surface area contributed by atoms with Crippen LogP contribution in [-0.2, 0) is 4.79 Å². The maximum atomic E-state index is 11.2. The highest BCUT2D eigenvalue weighted by atomic mass is 16.5. The Bertz CT molecular complexity index is 392. The van der Waals surface area contributed by atoms with Crippen LogP contribution in [0.1, 0.15) is 0 Å². The van der Waals surface area contributed by atoms with Gasteiger partial charge in [-0.25, -0.2) is 4.79 Å². The molecule has 4 nitrogen and oxygen atoms in total. The molecule has 0 fully saturated rings. The first-order valence-electron chi connectivity index (χ1n) is 3.89. The number of hydrogen-bond donors (Lipinski definition) is 0. The van der Waals surface area contributed by atoms with E-state index >= 15 is 0 Å². The number of hydrogen-bond acceptors (Lipinski definition) is 2. The second-order valence-corrected chi connectivity index (χ2v) is 2.39. The van der Waals surface area contributed by atoms with E-state index in [-0.39, 0.29) is 5.71 Å². The first-order chi connectivity index (χ1) is 6.77. The molecule has 1 rings (SSSR count).